The second kappa shape index (κ2) is 4.88. The second-order valence-corrected chi connectivity index (χ2v) is 5.94. The van der Waals surface area contributed by atoms with Crippen molar-refractivity contribution in [3.05, 3.63) is 29.6 Å². The third-order valence-corrected chi connectivity index (χ3v) is 4.40. The lowest BCUT2D eigenvalue weighted by Crippen LogP contribution is -2.42. The van der Waals surface area contributed by atoms with E-state index in [1.54, 1.807) is 6.07 Å². The number of halogens is 1. The summed E-state index contributed by atoms with van der Waals surface area (Å²) >= 11 is 0. The molecule has 1 saturated heterocycles. The lowest BCUT2D eigenvalue weighted by Gasteiger charge is -2.41. The minimum absolute atomic E-state index is 0.161. The lowest BCUT2D eigenvalue weighted by atomic mass is 9.78. The fraction of sp³-hybridized carbons (Fsp3) is 0.600. The van der Waals surface area contributed by atoms with Crippen molar-refractivity contribution in [3.8, 4) is 0 Å². The van der Waals surface area contributed by atoms with Crippen LogP contribution < -0.4 is 5.73 Å². The predicted molar refractivity (Wildman–Crippen MR) is 71.5 cm³/mol. The molecule has 2 aliphatic rings. The Kier molecular flexibility index (Phi) is 3.25. The minimum Gasteiger partial charge on any atom is -0.399 e. The highest BCUT2D eigenvalue weighted by molar-refractivity contribution is 5.40. The van der Waals surface area contributed by atoms with Crippen LogP contribution in [0.3, 0.4) is 0 Å². The van der Waals surface area contributed by atoms with E-state index < -0.39 is 0 Å². The van der Waals surface area contributed by atoms with Crippen LogP contribution >= 0.6 is 0 Å². The highest BCUT2D eigenvalue weighted by atomic mass is 19.1. The first kappa shape index (κ1) is 12.0. The van der Waals surface area contributed by atoms with Gasteiger partial charge in [0, 0.05) is 30.9 Å². The number of likely N-dealkylation sites (tertiary alicyclic amines) is 1. The van der Waals surface area contributed by atoms with Crippen molar-refractivity contribution in [1.29, 1.82) is 0 Å². The van der Waals surface area contributed by atoms with Crippen molar-refractivity contribution in [2.45, 2.75) is 32.2 Å². The van der Waals surface area contributed by atoms with Crippen molar-refractivity contribution in [2.24, 2.45) is 11.8 Å². The Hall–Kier alpha value is -1.09. The van der Waals surface area contributed by atoms with E-state index in [0.29, 0.717) is 5.69 Å². The van der Waals surface area contributed by atoms with E-state index in [4.69, 9.17) is 5.73 Å². The first-order valence-electron chi connectivity index (χ1n) is 6.97. The lowest BCUT2D eigenvalue weighted by molar-refractivity contribution is 0.0800. The Morgan fingerprint density at radius 3 is 2.61 bits per heavy atom. The molecular weight excluding hydrogens is 227 g/mol. The molecule has 1 aromatic carbocycles. The molecule has 1 saturated carbocycles. The molecule has 1 aliphatic carbocycles. The summed E-state index contributed by atoms with van der Waals surface area (Å²) in [6.07, 6.45) is 5.49. The number of fused-ring (bicyclic) bond motifs is 2. The van der Waals surface area contributed by atoms with Gasteiger partial charge in [-0.2, -0.15) is 0 Å². The van der Waals surface area contributed by atoms with Crippen LogP contribution in [0, 0.1) is 17.7 Å². The summed E-state index contributed by atoms with van der Waals surface area (Å²) in [6.45, 7) is 3.01. The van der Waals surface area contributed by atoms with Gasteiger partial charge >= 0.3 is 0 Å². The average molecular weight is 248 g/mol. The molecule has 0 amide bonds. The van der Waals surface area contributed by atoms with Gasteiger partial charge in [-0.25, -0.2) is 4.39 Å². The molecule has 2 unspecified atom stereocenters. The second-order valence-electron chi connectivity index (χ2n) is 5.94. The first-order valence-corrected chi connectivity index (χ1v) is 6.97. The van der Waals surface area contributed by atoms with E-state index >= 15 is 0 Å². The molecule has 1 aliphatic heterocycles. The fourth-order valence-corrected chi connectivity index (χ4v) is 3.60. The Morgan fingerprint density at radius 2 is 1.94 bits per heavy atom. The van der Waals surface area contributed by atoms with E-state index in [9.17, 15) is 4.39 Å². The predicted octanol–water partition coefficient (Wildman–Crippen LogP) is 3.03. The molecule has 2 N–H and O–H groups in total. The molecule has 2 fully saturated rings. The van der Waals surface area contributed by atoms with Gasteiger partial charge in [0.15, 0.2) is 0 Å². The number of benzene rings is 1. The number of hydrogen-bond acceptors (Lipinski definition) is 2. The third-order valence-electron chi connectivity index (χ3n) is 4.40. The average Bonchev–Trinajstić information content (AvgIpc) is 2.32. The maximum Gasteiger partial charge on any atom is 0.129 e. The highest BCUT2D eigenvalue weighted by Crippen LogP contribution is 2.34. The van der Waals surface area contributed by atoms with Gasteiger partial charge in [-0.3, -0.25) is 4.90 Å². The summed E-state index contributed by atoms with van der Waals surface area (Å²) in [4.78, 5) is 2.42. The number of nitrogen functional groups attached to an aromatic ring is 1. The maximum atomic E-state index is 13.8. The normalized spacial score (nSPS) is 28.3. The van der Waals surface area contributed by atoms with Crippen LogP contribution in [0.5, 0.6) is 0 Å². The van der Waals surface area contributed by atoms with Crippen molar-refractivity contribution in [3.63, 3.8) is 0 Å². The molecule has 1 heterocycles. The molecule has 2 nitrogen and oxygen atoms in total. The number of nitrogens with two attached hydrogens (primary N) is 1. The van der Waals surface area contributed by atoms with Crippen molar-refractivity contribution < 1.29 is 4.39 Å². The summed E-state index contributed by atoms with van der Waals surface area (Å²) in [5.41, 5.74) is 6.87. The summed E-state index contributed by atoms with van der Waals surface area (Å²) in [5, 5.41) is 0. The van der Waals surface area contributed by atoms with Crippen molar-refractivity contribution in [2.75, 3.05) is 18.8 Å². The van der Waals surface area contributed by atoms with Gasteiger partial charge in [-0.05, 0) is 43.2 Å². The largest absolute Gasteiger partial charge is 0.399 e. The maximum absolute atomic E-state index is 13.8. The minimum atomic E-state index is -0.161. The fourth-order valence-electron chi connectivity index (χ4n) is 3.60. The summed E-state index contributed by atoms with van der Waals surface area (Å²) in [5.74, 6) is 1.52. The third kappa shape index (κ3) is 2.51. The van der Waals surface area contributed by atoms with Gasteiger partial charge in [0.25, 0.3) is 0 Å². The van der Waals surface area contributed by atoms with Crippen LogP contribution in [-0.2, 0) is 6.54 Å². The van der Waals surface area contributed by atoms with Crippen molar-refractivity contribution >= 4 is 5.69 Å². The van der Waals surface area contributed by atoms with Crippen LogP contribution in [0.15, 0.2) is 18.2 Å². The molecule has 1 aromatic rings. The van der Waals surface area contributed by atoms with Crippen LogP contribution in [0.4, 0.5) is 10.1 Å². The topological polar surface area (TPSA) is 29.3 Å². The Labute approximate surface area is 108 Å². The van der Waals surface area contributed by atoms with E-state index in [1.165, 1.54) is 31.7 Å². The van der Waals surface area contributed by atoms with E-state index in [2.05, 4.69) is 4.90 Å². The quantitative estimate of drug-likeness (QED) is 0.815. The number of nitrogens with zero attached hydrogens (tertiary/aromatic N) is 1. The number of hydrogen-bond donors (Lipinski definition) is 1. The number of piperidine rings is 1. The van der Waals surface area contributed by atoms with Crippen molar-refractivity contribution in [1.82, 2.24) is 4.90 Å². The van der Waals surface area contributed by atoms with E-state index in [1.807, 2.05) is 6.07 Å². The molecule has 98 valence electrons. The molecule has 2 bridgehead atoms. The standard InChI is InChI=1S/C15H21FN2/c16-15-7-14(17)5-4-13(15)10-18-8-11-2-1-3-12(6-11)9-18/h4-5,7,11-12H,1-3,6,8-10,17H2. The SMILES string of the molecule is Nc1ccc(CN2CC3CCCC(C3)C2)c(F)c1. The molecule has 2 atom stereocenters. The van der Waals surface area contributed by atoms with Crippen LogP contribution in [0.25, 0.3) is 0 Å². The van der Waals surface area contributed by atoms with E-state index in [0.717, 1.165) is 37.0 Å². The van der Waals surface area contributed by atoms with Gasteiger partial charge < -0.3 is 5.73 Å². The Bertz CT molecular complexity index is 421. The molecule has 0 spiro atoms. The summed E-state index contributed by atoms with van der Waals surface area (Å²) in [7, 11) is 0. The zero-order valence-electron chi connectivity index (χ0n) is 10.7. The Balaban J connectivity index is 1.69. The molecule has 3 rings (SSSR count). The zero-order chi connectivity index (χ0) is 12.5. The zero-order valence-corrected chi connectivity index (χ0v) is 10.7. The van der Waals surface area contributed by atoms with E-state index in [-0.39, 0.29) is 5.82 Å². The van der Waals surface area contributed by atoms with Gasteiger partial charge in [-0.1, -0.05) is 12.5 Å². The van der Waals surface area contributed by atoms with Gasteiger partial charge in [0.2, 0.25) is 0 Å². The smallest absolute Gasteiger partial charge is 0.129 e. The van der Waals surface area contributed by atoms with Crippen LogP contribution in [0.1, 0.15) is 31.2 Å². The highest BCUT2D eigenvalue weighted by Gasteiger charge is 2.30. The molecular formula is C15H21FN2. The monoisotopic (exact) mass is 248 g/mol. The molecule has 0 aromatic heterocycles. The number of anilines is 1. The van der Waals surface area contributed by atoms with Crippen LogP contribution in [0.2, 0.25) is 0 Å². The summed E-state index contributed by atoms with van der Waals surface area (Å²) < 4.78 is 13.8. The number of rotatable bonds is 2. The first-order chi connectivity index (χ1) is 8.70. The van der Waals surface area contributed by atoms with Gasteiger partial charge in [0.1, 0.15) is 5.82 Å². The summed E-state index contributed by atoms with van der Waals surface area (Å²) in [6, 6.07) is 5.05. The molecule has 18 heavy (non-hydrogen) atoms. The molecule has 3 heteroatoms. The van der Waals surface area contributed by atoms with Crippen LogP contribution in [-0.4, -0.2) is 18.0 Å². The van der Waals surface area contributed by atoms with Gasteiger partial charge in [-0.15, -0.1) is 0 Å². The Morgan fingerprint density at radius 1 is 1.22 bits per heavy atom. The molecule has 0 radical (unpaired) electrons. The van der Waals surface area contributed by atoms with Gasteiger partial charge in [0.05, 0.1) is 0 Å².